The highest BCUT2D eigenvalue weighted by molar-refractivity contribution is 6.06. The molecule has 0 aliphatic carbocycles. The summed E-state index contributed by atoms with van der Waals surface area (Å²) >= 11 is 0. The molecule has 1 amide bonds. The SMILES string of the molecule is COc1ccc(NC(=O)c2ccccc2C(OC)C(=O)O)cc1. The molecule has 2 N–H and O–H groups in total. The van der Waals surface area contributed by atoms with E-state index in [1.165, 1.54) is 7.11 Å². The van der Waals surface area contributed by atoms with E-state index in [0.717, 1.165) is 0 Å². The first-order valence-corrected chi connectivity index (χ1v) is 6.86. The highest BCUT2D eigenvalue weighted by Gasteiger charge is 2.24. The highest BCUT2D eigenvalue weighted by atomic mass is 16.5. The molecule has 6 nitrogen and oxygen atoms in total. The lowest BCUT2D eigenvalue weighted by molar-refractivity contribution is -0.148. The molecule has 1 unspecified atom stereocenters. The number of aliphatic carboxylic acids is 1. The third kappa shape index (κ3) is 3.87. The lowest BCUT2D eigenvalue weighted by Crippen LogP contribution is -2.20. The monoisotopic (exact) mass is 315 g/mol. The first-order valence-electron chi connectivity index (χ1n) is 6.86. The van der Waals surface area contributed by atoms with Gasteiger partial charge in [-0.05, 0) is 30.3 Å². The Kier molecular flexibility index (Phi) is 5.32. The first-order chi connectivity index (χ1) is 11.1. The van der Waals surface area contributed by atoms with Crippen LogP contribution in [0.2, 0.25) is 0 Å². The van der Waals surface area contributed by atoms with Gasteiger partial charge in [-0.25, -0.2) is 4.79 Å². The molecule has 2 aromatic carbocycles. The largest absolute Gasteiger partial charge is 0.497 e. The van der Waals surface area contributed by atoms with Crippen molar-refractivity contribution in [2.45, 2.75) is 6.10 Å². The van der Waals surface area contributed by atoms with Crippen molar-refractivity contribution in [3.05, 3.63) is 59.7 Å². The van der Waals surface area contributed by atoms with Crippen molar-refractivity contribution < 1.29 is 24.2 Å². The predicted molar refractivity (Wildman–Crippen MR) is 84.8 cm³/mol. The summed E-state index contributed by atoms with van der Waals surface area (Å²) in [6, 6.07) is 13.3. The molecule has 0 aliphatic heterocycles. The minimum Gasteiger partial charge on any atom is -0.497 e. The maximum atomic E-state index is 12.4. The van der Waals surface area contributed by atoms with Gasteiger partial charge < -0.3 is 19.9 Å². The maximum Gasteiger partial charge on any atom is 0.337 e. The Labute approximate surface area is 133 Å². The maximum absolute atomic E-state index is 12.4. The van der Waals surface area contributed by atoms with Gasteiger partial charge in [0.2, 0.25) is 0 Å². The van der Waals surface area contributed by atoms with Crippen molar-refractivity contribution in [3.63, 3.8) is 0 Å². The van der Waals surface area contributed by atoms with Gasteiger partial charge in [0.15, 0.2) is 6.10 Å². The third-order valence-corrected chi connectivity index (χ3v) is 3.30. The average Bonchev–Trinajstić information content (AvgIpc) is 2.56. The average molecular weight is 315 g/mol. The van der Waals surface area contributed by atoms with Crippen LogP contribution in [-0.4, -0.2) is 31.2 Å². The number of carbonyl (C=O) groups is 2. The smallest absolute Gasteiger partial charge is 0.337 e. The van der Waals surface area contributed by atoms with E-state index in [2.05, 4.69) is 5.32 Å². The molecular weight excluding hydrogens is 298 g/mol. The number of hydrogen-bond acceptors (Lipinski definition) is 4. The van der Waals surface area contributed by atoms with Gasteiger partial charge in [0.25, 0.3) is 5.91 Å². The molecule has 1 atom stereocenters. The summed E-state index contributed by atoms with van der Waals surface area (Å²) in [6.45, 7) is 0. The molecule has 0 radical (unpaired) electrons. The number of amides is 1. The molecule has 0 saturated heterocycles. The second-order valence-corrected chi connectivity index (χ2v) is 4.72. The number of anilines is 1. The number of rotatable bonds is 6. The minimum atomic E-state index is -1.20. The predicted octanol–water partition coefficient (Wildman–Crippen LogP) is 2.72. The van der Waals surface area contributed by atoms with Crippen LogP contribution in [0.1, 0.15) is 22.0 Å². The zero-order chi connectivity index (χ0) is 16.8. The molecule has 2 aromatic rings. The fourth-order valence-corrected chi connectivity index (χ4v) is 2.17. The van der Waals surface area contributed by atoms with Gasteiger partial charge in [-0.3, -0.25) is 4.79 Å². The molecule has 23 heavy (non-hydrogen) atoms. The van der Waals surface area contributed by atoms with Crippen LogP contribution in [-0.2, 0) is 9.53 Å². The molecule has 0 aliphatic rings. The Morgan fingerprint density at radius 1 is 1.04 bits per heavy atom. The van der Waals surface area contributed by atoms with Crippen LogP contribution in [0.4, 0.5) is 5.69 Å². The van der Waals surface area contributed by atoms with Crippen LogP contribution in [0.3, 0.4) is 0 Å². The zero-order valence-corrected chi connectivity index (χ0v) is 12.8. The summed E-state index contributed by atoms with van der Waals surface area (Å²) < 4.78 is 10.0. The number of carboxylic acids is 1. The van der Waals surface area contributed by atoms with E-state index >= 15 is 0 Å². The van der Waals surface area contributed by atoms with Crippen molar-refractivity contribution in [2.24, 2.45) is 0 Å². The van der Waals surface area contributed by atoms with Crippen LogP contribution in [0, 0.1) is 0 Å². The summed E-state index contributed by atoms with van der Waals surface area (Å²) in [5, 5.41) is 11.9. The zero-order valence-electron chi connectivity index (χ0n) is 12.8. The van der Waals surface area contributed by atoms with Gasteiger partial charge in [-0.15, -0.1) is 0 Å². The topological polar surface area (TPSA) is 84.9 Å². The molecule has 0 saturated carbocycles. The number of methoxy groups -OCH3 is 2. The van der Waals surface area contributed by atoms with E-state index in [1.54, 1.807) is 55.6 Å². The Morgan fingerprint density at radius 3 is 2.26 bits per heavy atom. The van der Waals surface area contributed by atoms with Crippen molar-refractivity contribution in [1.82, 2.24) is 0 Å². The summed E-state index contributed by atoms with van der Waals surface area (Å²) in [5.74, 6) is -0.889. The first kappa shape index (κ1) is 16.5. The van der Waals surface area contributed by atoms with Crippen LogP contribution in [0.5, 0.6) is 5.75 Å². The summed E-state index contributed by atoms with van der Waals surface area (Å²) in [4.78, 5) is 23.7. The normalized spacial score (nSPS) is 11.6. The number of ether oxygens (including phenoxy) is 2. The lowest BCUT2D eigenvalue weighted by atomic mass is 10.0. The van der Waals surface area contributed by atoms with Gasteiger partial charge in [0.1, 0.15) is 5.75 Å². The number of carbonyl (C=O) groups excluding carboxylic acids is 1. The van der Waals surface area contributed by atoms with E-state index < -0.39 is 18.0 Å². The van der Waals surface area contributed by atoms with Crippen LogP contribution < -0.4 is 10.1 Å². The fourth-order valence-electron chi connectivity index (χ4n) is 2.17. The van der Waals surface area contributed by atoms with Crippen molar-refractivity contribution in [1.29, 1.82) is 0 Å². The third-order valence-electron chi connectivity index (χ3n) is 3.30. The fraction of sp³-hybridized carbons (Fsp3) is 0.176. The molecule has 6 heteroatoms. The molecule has 0 spiro atoms. The second-order valence-electron chi connectivity index (χ2n) is 4.72. The Morgan fingerprint density at radius 2 is 1.70 bits per heavy atom. The standard InChI is InChI=1S/C17H17NO5/c1-22-12-9-7-11(8-10-12)18-16(19)14-6-4-3-5-13(14)15(23-2)17(20)21/h3-10,15H,1-2H3,(H,18,19)(H,20,21). The summed E-state index contributed by atoms with van der Waals surface area (Å²) in [5.41, 5.74) is 1.13. The van der Waals surface area contributed by atoms with Crippen molar-refractivity contribution in [2.75, 3.05) is 19.5 Å². The van der Waals surface area contributed by atoms with Crippen molar-refractivity contribution >= 4 is 17.6 Å². The number of nitrogens with one attached hydrogen (secondary N) is 1. The molecule has 0 bridgehead atoms. The van der Waals surface area contributed by atoms with E-state index in [0.29, 0.717) is 17.0 Å². The Bertz CT molecular complexity index is 696. The van der Waals surface area contributed by atoms with Gasteiger partial charge in [0.05, 0.1) is 7.11 Å². The molecule has 0 aromatic heterocycles. The molecule has 120 valence electrons. The molecule has 0 fully saturated rings. The van der Waals surface area contributed by atoms with Crippen LogP contribution in [0.25, 0.3) is 0 Å². The van der Waals surface area contributed by atoms with Gasteiger partial charge >= 0.3 is 5.97 Å². The van der Waals surface area contributed by atoms with E-state index in [9.17, 15) is 14.7 Å². The number of carboxylic acid groups (broad SMARTS) is 1. The number of benzene rings is 2. The number of hydrogen-bond donors (Lipinski definition) is 2. The molecule has 2 rings (SSSR count). The van der Waals surface area contributed by atoms with Crippen LogP contribution >= 0.6 is 0 Å². The van der Waals surface area contributed by atoms with Crippen LogP contribution in [0.15, 0.2) is 48.5 Å². The van der Waals surface area contributed by atoms with Gasteiger partial charge in [-0.2, -0.15) is 0 Å². The minimum absolute atomic E-state index is 0.248. The molecular formula is C17H17NO5. The van der Waals surface area contributed by atoms with E-state index in [-0.39, 0.29) is 5.56 Å². The van der Waals surface area contributed by atoms with Crippen molar-refractivity contribution in [3.8, 4) is 5.75 Å². The molecule has 0 heterocycles. The Hall–Kier alpha value is -2.86. The Balaban J connectivity index is 2.26. The summed E-state index contributed by atoms with van der Waals surface area (Å²) in [7, 11) is 2.84. The van der Waals surface area contributed by atoms with E-state index in [1.807, 2.05) is 0 Å². The lowest BCUT2D eigenvalue weighted by Gasteiger charge is -2.15. The van der Waals surface area contributed by atoms with Gasteiger partial charge in [0, 0.05) is 23.9 Å². The van der Waals surface area contributed by atoms with Gasteiger partial charge in [-0.1, -0.05) is 18.2 Å². The summed E-state index contributed by atoms with van der Waals surface area (Å²) in [6.07, 6.45) is -1.20. The highest BCUT2D eigenvalue weighted by Crippen LogP contribution is 2.23. The van der Waals surface area contributed by atoms with E-state index in [4.69, 9.17) is 9.47 Å². The second kappa shape index (κ2) is 7.42. The quantitative estimate of drug-likeness (QED) is 0.856.